The largest absolute Gasteiger partial charge is 0.494 e. The predicted octanol–water partition coefficient (Wildman–Crippen LogP) is 5.85. The van der Waals surface area contributed by atoms with Crippen LogP contribution in [0.1, 0.15) is 50.3 Å². The number of halogens is 1. The Morgan fingerprint density at radius 3 is 2.28 bits per heavy atom. The molecular weight excluding hydrogens is 424 g/mol. The summed E-state index contributed by atoms with van der Waals surface area (Å²) in [7, 11) is 0. The van der Waals surface area contributed by atoms with Crippen molar-refractivity contribution in [3.8, 4) is 11.5 Å². The molecule has 1 aliphatic carbocycles. The van der Waals surface area contributed by atoms with Crippen molar-refractivity contribution in [1.82, 2.24) is 5.01 Å². The van der Waals surface area contributed by atoms with Crippen LogP contribution in [-0.4, -0.2) is 35.7 Å². The molecule has 2 atom stereocenters. The number of nitrogens with zero attached hydrogens (tertiary/aromatic N) is 2. The van der Waals surface area contributed by atoms with Gasteiger partial charge in [-0.3, -0.25) is 4.79 Å². The second kappa shape index (κ2) is 10.2. The fourth-order valence-electron chi connectivity index (χ4n) is 4.56. The minimum atomic E-state index is -0.173. The van der Waals surface area contributed by atoms with Gasteiger partial charge in [0.1, 0.15) is 17.4 Å². The number of amides is 1. The molecule has 0 saturated heterocycles. The summed E-state index contributed by atoms with van der Waals surface area (Å²) >= 11 is 5.95. The van der Waals surface area contributed by atoms with E-state index in [1.807, 2.05) is 50.2 Å². The lowest BCUT2D eigenvalue weighted by atomic mass is 9.77. The Balaban J connectivity index is 1.65. The smallest absolute Gasteiger partial charge is 0.258 e. The van der Waals surface area contributed by atoms with Crippen LogP contribution < -0.4 is 9.47 Å². The number of hydrazone groups is 1. The molecule has 0 bridgehead atoms. The molecular formula is C26H29ClN2O3. The Morgan fingerprint density at radius 2 is 1.69 bits per heavy atom. The Morgan fingerprint density at radius 1 is 1.06 bits per heavy atom. The van der Waals surface area contributed by atoms with E-state index in [0.717, 1.165) is 47.6 Å². The summed E-state index contributed by atoms with van der Waals surface area (Å²) in [6.07, 6.45) is 5.18. The number of fused-ring (bicyclic) bond motifs is 1. The summed E-state index contributed by atoms with van der Waals surface area (Å²) in [5.41, 5.74) is 4.35. The van der Waals surface area contributed by atoms with Crippen molar-refractivity contribution < 1.29 is 14.3 Å². The highest BCUT2D eigenvalue weighted by Gasteiger charge is 2.43. The lowest BCUT2D eigenvalue weighted by Gasteiger charge is -2.29. The molecule has 6 heteroatoms. The standard InChI is InChI=1S/C26H29ClN2O3/c1-3-31-21-12-8-18(9-13-21)16-20-6-5-7-23-25(20)28-29(24(30)17-27)26(23)19-10-14-22(15-11-19)32-4-2/h8-16,23,26H,3-7,17H2,1-2H3/b20-16-/t23-,26-/m0/s1. The molecule has 32 heavy (non-hydrogen) atoms. The molecule has 0 N–H and O–H groups in total. The van der Waals surface area contributed by atoms with Gasteiger partial charge in [-0.05, 0) is 80.2 Å². The number of carbonyl (C=O) groups is 1. The van der Waals surface area contributed by atoms with Crippen molar-refractivity contribution in [3.63, 3.8) is 0 Å². The zero-order valence-electron chi connectivity index (χ0n) is 18.6. The minimum absolute atomic E-state index is 0.0883. The highest BCUT2D eigenvalue weighted by molar-refractivity contribution is 6.27. The third kappa shape index (κ3) is 4.68. The maximum atomic E-state index is 12.7. The molecule has 0 aromatic heterocycles. The highest BCUT2D eigenvalue weighted by Crippen LogP contribution is 2.44. The van der Waals surface area contributed by atoms with Gasteiger partial charge in [-0.1, -0.05) is 24.3 Å². The van der Waals surface area contributed by atoms with E-state index in [-0.39, 0.29) is 23.7 Å². The van der Waals surface area contributed by atoms with Gasteiger partial charge in [-0.15, -0.1) is 11.6 Å². The van der Waals surface area contributed by atoms with Crippen molar-refractivity contribution in [1.29, 1.82) is 0 Å². The van der Waals surface area contributed by atoms with E-state index in [1.165, 1.54) is 5.57 Å². The van der Waals surface area contributed by atoms with Crippen LogP contribution in [0.25, 0.3) is 6.08 Å². The Kier molecular flexibility index (Phi) is 7.15. The van der Waals surface area contributed by atoms with Crippen LogP contribution in [-0.2, 0) is 4.79 Å². The van der Waals surface area contributed by atoms with Gasteiger partial charge in [0.05, 0.1) is 25.0 Å². The molecule has 168 valence electrons. The van der Waals surface area contributed by atoms with E-state index in [4.69, 9.17) is 26.2 Å². The number of carbonyl (C=O) groups excluding carboxylic acids is 1. The third-order valence-corrected chi connectivity index (χ3v) is 6.16. The lowest BCUT2D eigenvalue weighted by Crippen LogP contribution is -2.32. The molecule has 0 unspecified atom stereocenters. The summed E-state index contributed by atoms with van der Waals surface area (Å²) < 4.78 is 11.1. The quantitative estimate of drug-likeness (QED) is 0.495. The first-order chi connectivity index (χ1) is 15.6. The monoisotopic (exact) mass is 452 g/mol. The predicted molar refractivity (Wildman–Crippen MR) is 128 cm³/mol. The van der Waals surface area contributed by atoms with Crippen molar-refractivity contribution in [2.45, 2.75) is 39.2 Å². The van der Waals surface area contributed by atoms with Crippen LogP contribution in [0.5, 0.6) is 11.5 Å². The summed E-state index contributed by atoms with van der Waals surface area (Å²) in [5.74, 6) is 1.58. The Hall–Kier alpha value is -2.79. The average Bonchev–Trinajstić information content (AvgIpc) is 3.21. The minimum Gasteiger partial charge on any atom is -0.494 e. The molecule has 1 aliphatic heterocycles. The van der Waals surface area contributed by atoms with Gasteiger partial charge in [0, 0.05) is 5.92 Å². The van der Waals surface area contributed by atoms with E-state index in [0.29, 0.717) is 13.2 Å². The number of hydrogen-bond acceptors (Lipinski definition) is 4. The Labute approximate surface area is 194 Å². The van der Waals surface area contributed by atoms with Gasteiger partial charge >= 0.3 is 0 Å². The van der Waals surface area contributed by atoms with Gasteiger partial charge in [0.2, 0.25) is 0 Å². The third-order valence-electron chi connectivity index (χ3n) is 5.94. The molecule has 2 aromatic carbocycles. The molecule has 5 nitrogen and oxygen atoms in total. The first kappa shape index (κ1) is 22.4. The van der Waals surface area contributed by atoms with Gasteiger partial charge in [-0.2, -0.15) is 5.10 Å². The molecule has 2 aliphatic rings. The van der Waals surface area contributed by atoms with Gasteiger partial charge < -0.3 is 9.47 Å². The summed E-state index contributed by atoms with van der Waals surface area (Å²) in [5, 5.41) is 6.41. The number of allylic oxidation sites excluding steroid dienone is 1. The molecule has 1 heterocycles. The first-order valence-corrected chi connectivity index (χ1v) is 11.8. The topological polar surface area (TPSA) is 51.1 Å². The van der Waals surface area contributed by atoms with Gasteiger partial charge in [0.25, 0.3) is 5.91 Å². The SMILES string of the molecule is CCOc1ccc(/C=C2/CCC[C@H]3C2=NN(C(=O)CCl)[C@H]3c2ccc(OCC)cc2)cc1. The maximum absolute atomic E-state index is 12.7. The second-order valence-corrected chi connectivity index (χ2v) is 8.24. The number of hydrogen-bond donors (Lipinski definition) is 0. The molecule has 1 saturated carbocycles. The van der Waals surface area contributed by atoms with E-state index in [1.54, 1.807) is 5.01 Å². The summed E-state index contributed by atoms with van der Waals surface area (Å²) in [6, 6.07) is 15.9. The van der Waals surface area contributed by atoms with Gasteiger partial charge in [-0.25, -0.2) is 5.01 Å². The number of rotatable bonds is 7. The zero-order valence-corrected chi connectivity index (χ0v) is 19.3. The summed E-state index contributed by atoms with van der Waals surface area (Å²) in [4.78, 5) is 12.7. The molecule has 1 fully saturated rings. The van der Waals surface area contributed by atoms with Crippen molar-refractivity contribution in [3.05, 3.63) is 65.2 Å². The summed E-state index contributed by atoms with van der Waals surface area (Å²) in [6.45, 7) is 5.21. The maximum Gasteiger partial charge on any atom is 0.258 e. The zero-order chi connectivity index (χ0) is 22.5. The normalized spacial score (nSPS) is 21.3. The van der Waals surface area contributed by atoms with Crippen molar-refractivity contribution in [2.24, 2.45) is 11.0 Å². The van der Waals surface area contributed by atoms with E-state index in [9.17, 15) is 4.79 Å². The Bertz CT molecular complexity index is 999. The van der Waals surface area contributed by atoms with E-state index in [2.05, 4.69) is 18.2 Å². The second-order valence-electron chi connectivity index (χ2n) is 7.97. The van der Waals surface area contributed by atoms with Gasteiger partial charge in [0.15, 0.2) is 0 Å². The van der Waals surface area contributed by atoms with Crippen LogP contribution in [0.4, 0.5) is 0 Å². The van der Waals surface area contributed by atoms with Crippen LogP contribution in [0.15, 0.2) is 59.2 Å². The first-order valence-electron chi connectivity index (χ1n) is 11.3. The molecule has 0 radical (unpaired) electrons. The molecule has 0 spiro atoms. The van der Waals surface area contributed by atoms with Crippen LogP contribution in [0.2, 0.25) is 0 Å². The highest BCUT2D eigenvalue weighted by atomic mass is 35.5. The fourth-order valence-corrected chi connectivity index (χ4v) is 4.68. The lowest BCUT2D eigenvalue weighted by molar-refractivity contribution is -0.130. The van der Waals surface area contributed by atoms with E-state index < -0.39 is 0 Å². The van der Waals surface area contributed by atoms with Crippen molar-refractivity contribution in [2.75, 3.05) is 19.1 Å². The molecule has 1 amide bonds. The average molecular weight is 453 g/mol. The number of benzene rings is 2. The van der Waals surface area contributed by atoms with Crippen LogP contribution >= 0.6 is 11.6 Å². The molecule has 4 rings (SSSR count). The molecule has 2 aromatic rings. The fraction of sp³-hybridized carbons (Fsp3) is 0.385. The van der Waals surface area contributed by atoms with E-state index >= 15 is 0 Å². The number of alkyl halides is 1. The van der Waals surface area contributed by atoms with Crippen LogP contribution in [0, 0.1) is 5.92 Å². The number of ether oxygens (including phenoxy) is 2. The van der Waals surface area contributed by atoms with Crippen LogP contribution in [0.3, 0.4) is 0 Å². The van der Waals surface area contributed by atoms with Crippen molar-refractivity contribution >= 4 is 29.3 Å².